The maximum atomic E-state index is 14.1. The maximum absolute atomic E-state index is 14.1. The van der Waals surface area contributed by atoms with Gasteiger partial charge in [-0.3, -0.25) is 33.3 Å². The van der Waals surface area contributed by atoms with Gasteiger partial charge in [0.1, 0.15) is 17.8 Å². The number of nitrogens with one attached hydrogen (secondary N) is 3. The molecule has 4 rings (SSSR count). The van der Waals surface area contributed by atoms with Gasteiger partial charge in [0.05, 0.1) is 0 Å². The van der Waals surface area contributed by atoms with Crippen LogP contribution in [0.4, 0.5) is 0 Å². The zero-order chi connectivity index (χ0) is 33.2. The number of rotatable bonds is 10. The first kappa shape index (κ1) is 33.8. The van der Waals surface area contributed by atoms with Gasteiger partial charge >= 0.3 is 7.60 Å². The molecule has 2 saturated heterocycles. The van der Waals surface area contributed by atoms with Crippen LogP contribution in [0.25, 0.3) is 10.9 Å². The van der Waals surface area contributed by atoms with Crippen molar-refractivity contribution in [1.29, 1.82) is 0 Å². The standard InChI is InChI=1S/C29H39N6O9P/c1-15(2)20(7-9-25(30)37)32-27(39)24-8-5-19-10-11-34(16(3)36)14-23(28(40)35(19)24)33-26(38)22-13-18-12-17(4-6-21(18)31-22)29(41)45(42,43)44/h4,6,12-13,15,19-20,23-24,31H,5,7-11,14H2,1-3H3,(H2,30,37)(H,32,39)(H,33,38)(H2,42,43,44)/t19-,20+,23+,24+/m1/s1. The summed E-state index contributed by atoms with van der Waals surface area (Å²) in [6, 6.07) is 2.58. The van der Waals surface area contributed by atoms with E-state index in [1.54, 1.807) is 0 Å². The van der Waals surface area contributed by atoms with E-state index in [-0.39, 0.29) is 54.0 Å². The highest BCUT2D eigenvalue weighted by Gasteiger charge is 2.45. The number of hydrogen-bond donors (Lipinski definition) is 6. The SMILES string of the molecule is CC(=O)N1CC[C@H]2CC[C@@H](C(=O)N[C@@H](CCC(N)=O)C(C)C)N2C(=O)[C@@H](NC(=O)c2cc3cc(C(=O)P(=O)(O)O)ccc3[nH]2)C1. The van der Waals surface area contributed by atoms with Gasteiger partial charge in [-0.25, -0.2) is 0 Å². The lowest BCUT2D eigenvalue weighted by atomic mass is 9.98. The average molecular weight is 647 g/mol. The molecule has 2 aliphatic rings. The van der Waals surface area contributed by atoms with Crippen LogP contribution in [0, 0.1) is 5.92 Å². The Morgan fingerprint density at radius 1 is 1.11 bits per heavy atom. The molecule has 4 atom stereocenters. The molecule has 2 aromatic rings. The third-order valence-electron chi connectivity index (χ3n) is 8.45. The summed E-state index contributed by atoms with van der Waals surface area (Å²) in [7, 11) is -5.01. The number of carbonyl (C=O) groups excluding carboxylic acids is 6. The van der Waals surface area contributed by atoms with Crippen molar-refractivity contribution < 1.29 is 43.1 Å². The molecule has 0 radical (unpaired) electrons. The topological polar surface area (TPSA) is 232 Å². The van der Waals surface area contributed by atoms with Gasteiger partial charge in [-0.1, -0.05) is 13.8 Å². The summed E-state index contributed by atoms with van der Waals surface area (Å²) in [4.78, 5) is 101. The Kier molecular flexibility index (Phi) is 10.2. The van der Waals surface area contributed by atoms with Crippen molar-refractivity contribution in [2.45, 2.75) is 77.0 Å². The molecule has 0 spiro atoms. The highest BCUT2D eigenvalue weighted by Crippen LogP contribution is 2.39. The van der Waals surface area contributed by atoms with Crippen LogP contribution in [-0.4, -0.2) is 96.9 Å². The minimum absolute atomic E-state index is 0.00648. The molecule has 2 fully saturated rings. The Bertz CT molecular complexity index is 1570. The van der Waals surface area contributed by atoms with Crippen molar-refractivity contribution in [3.8, 4) is 0 Å². The summed E-state index contributed by atoms with van der Waals surface area (Å²) in [5.41, 5.74) is 4.14. The molecule has 0 saturated carbocycles. The first-order valence-electron chi connectivity index (χ1n) is 14.8. The predicted molar refractivity (Wildman–Crippen MR) is 162 cm³/mol. The number of H-pyrrole nitrogens is 1. The quantitative estimate of drug-likeness (QED) is 0.198. The van der Waals surface area contributed by atoms with Crippen molar-refractivity contribution >= 4 is 53.6 Å². The van der Waals surface area contributed by atoms with Gasteiger partial charge in [0.15, 0.2) is 0 Å². The van der Waals surface area contributed by atoms with Gasteiger partial charge in [0, 0.05) is 55.0 Å². The number of aromatic nitrogens is 1. The second kappa shape index (κ2) is 13.5. The van der Waals surface area contributed by atoms with Crippen molar-refractivity contribution in [2.24, 2.45) is 11.7 Å². The highest BCUT2D eigenvalue weighted by atomic mass is 31.2. The van der Waals surface area contributed by atoms with E-state index >= 15 is 0 Å². The second-order valence-electron chi connectivity index (χ2n) is 12.0. The van der Waals surface area contributed by atoms with Crippen LogP contribution in [0.2, 0.25) is 0 Å². The molecule has 7 N–H and O–H groups in total. The summed E-state index contributed by atoms with van der Waals surface area (Å²) in [6.45, 7) is 5.39. The third-order valence-corrected chi connectivity index (χ3v) is 9.24. The molecular formula is C29H39N6O9P. The van der Waals surface area contributed by atoms with Crippen LogP contribution in [-0.2, 0) is 23.7 Å². The van der Waals surface area contributed by atoms with E-state index < -0.39 is 42.9 Å². The molecule has 3 heterocycles. The van der Waals surface area contributed by atoms with Gasteiger partial charge in [0.25, 0.3) is 11.4 Å². The van der Waals surface area contributed by atoms with Gasteiger partial charge in [-0.2, -0.15) is 0 Å². The summed E-state index contributed by atoms with van der Waals surface area (Å²) in [5, 5.41) is 6.01. The van der Waals surface area contributed by atoms with Gasteiger partial charge in [-0.05, 0) is 55.9 Å². The Hall–Kier alpha value is -4.07. The fourth-order valence-corrected chi connectivity index (χ4v) is 6.44. The number of hydrogen-bond acceptors (Lipinski definition) is 7. The lowest BCUT2D eigenvalue weighted by Crippen LogP contribution is -2.61. The minimum Gasteiger partial charge on any atom is -0.370 e. The van der Waals surface area contributed by atoms with Crippen LogP contribution < -0.4 is 16.4 Å². The van der Waals surface area contributed by atoms with Crippen LogP contribution in [0.1, 0.15) is 73.7 Å². The molecule has 244 valence electrons. The Labute approximate surface area is 259 Å². The van der Waals surface area contributed by atoms with Crippen molar-refractivity contribution in [3.05, 3.63) is 35.5 Å². The fourth-order valence-electron chi connectivity index (χ4n) is 5.97. The number of primary amides is 1. The molecule has 5 amide bonds. The number of carbonyl (C=O) groups is 6. The Morgan fingerprint density at radius 3 is 2.44 bits per heavy atom. The lowest BCUT2D eigenvalue weighted by Gasteiger charge is -2.38. The van der Waals surface area contributed by atoms with E-state index in [0.717, 1.165) is 0 Å². The zero-order valence-corrected chi connectivity index (χ0v) is 26.2. The van der Waals surface area contributed by atoms with Crippen molar-refractivity contribution in [3.63, 3.8) is 0 Å². The Balaban J connectivity index is 1.57. The number of nitrogens with zero attached hydrogens (tertiary/aromatic N) is 2. The van der Waals surface area contributed by atoms with Crippen LogP contribution in [0.15, 0.2) is 24.3 Å². The van der Waals surface area contributed by atoms with E-state index in [0.29, 0.717) is 43.1 Å². The summed E-state index contributed by atoms with van der Waals surface area (Å²) >= 11 is 0. The first-order valence-corrected chi connectivity index (χ1v) is 16.4. The maximum Gasteiger partial charge on any atom is 0.396 e. The van der Waals surface area contributed by atoms with E-state index in [1.807, 2.05) is 13.8 Å². The number of benzene rings is 1. The molecule has 2 aliphatic heterocycles. The molecule has 15 nitrogen and oxygen atoms in total. The summed E-state index contributed by atoms with van der Waals surface area (Å²) in [6.07, 6.45) is 1.84. The fraction of sp³-hybridized carbons (Fsp3) is 0.517. The molecule has 1 aromatic heterocycles. The Morgan fingerprint density at radius 2 is 1.82 bits per heavy atom. The molecular weight excluding hydrogens is 607 g/mol. The predicted octanol–water partition coefficient (Wildman–Crippen LogP) is 0.602. The van der Waals surface area contributed by atoms with E-state index in [1.165, 1.54) is 41.0 Å². The number of amides is 5. The second-order valence-corrected chi connectivity index (χ2v) is 13.5. The molecule has 0 aliphatic carbocycles. The first-order chi connectivity index (χ1) is 21.1. The highest BCUT2D eigenvalue weighted by molar-refractivity contribution is 7.70. The van der Waals surface area contributed by atoms with Gasteiger partial charge in [0.2, 0.25) is 23.6 Å². The summed E-state index contributed by atoms with van der Waals surface area (Å²) < 4.78 is 11.4. The van der Waals surface area contributed by atoms with Gasteiger partial charge in [-0.15, -0.1) is 0 Å². The monoisotopic (exact) mass is 646 g/mol. The molecule has 45 heavy (non-hydrogen) atoms. The van der Waals surface area contributed by atoms with E-state index in [2.05, 4.69) is 15.6 Å². The van der Waals surface area contributed by atoms with Crippen LogP contribution >= 0.6 is 7.60 Å². The lowest BCUT2D eigenvalue weighted by molar-refractivity contribution is -0.145. The summed E-state index contributed by atoms with van der Waals surface area (Å²) in [5.74, 6) is -2.31. The molecule has 0 bridgehead atoms. The van der Waals surface area contributed by atoms with E-state index in [9.17, 15) is 43.1 Å². The van der Waals surface area contributed by atoms with Crippen LogP contribution in [0.5, 0.6) is 0 Å². The van der Waals surface area contributed by atoms with Crippen molar-refractivity contribution in [1.82, 2.24) is 25.4 Å². The smallest absolute Gasteiger partial charge is 0.370 e. The average Bonchev–Trinajstić information content (AvgIpc) is 3.58. The van der Waals surface area contributed by atoms with Crippen LogP contribution in [0.3, 0.4) is 0 Å². The van der Waals surface area contributed by atoms with Gasteiger partial charge < -0.3 is 40.9 Å². The minimum atomic E-state index is -5.01. The number of nitrogens with two attached hydrogens (primary N) is 1. The number of fused-ring (bicyclic) bond motifs is 2. The molecule has 16 heteroatoms. The van der Waals surface area contributed by atoms with E-state index in [4.69, 9.17) is 5.73 Å². The third kappa shape index (κ3) is 7.78. The van der Waals surface area contributed by atoms with Crippen molar-refractivity contribution in [2.75, 3.05) is 13.1 Å². The molecule has 0 unspecified atom stereocenters. The number of aromatic amines is 1. The normalized spacial score (nSPS) is 21.2. The zero-order valence-electron chi connectivity index (χ0n) is 25.3. The largest absolute Gasteiger partial charge is 0.396 e. The molecule has 1 aromatic carbocycles.